The van der Waals surface area contributed by atoms with Crippen LogP contribution in [-0.4, -0.2) is 31.4 Å². The molecular formula is C36H26N6. The summed E-state index contributed by atoms with van der Waals surface area (Å²) in [4.78, 5) is 19.8. The SMILES string of the molecule is Cc1ccc(-c2nc(-c3ccc(C)cc3)nc(-c3ccc4c5c(c(-c6ccccc6)nc4c3)C=CC(=N)C5=N)n2)cc1. The second-order valence-corrected chi connectivity index (χ2v) is 10.5. The minimum atomic E-state index is 0.182. The topological polar surface area (TPSA) is 99.3 Å². The summed E-state index contributed by atoms with van der Waals surface area (Å²) >= 11 is 0. The van der Waals surface area contributed by atoms with Crippen molar-refractivity contribution in [2.75, 3.05) is 0 Å². The summed E-state index contributed by atoms with van der Waals surface area (Å²) in [5, 5.41) is 17.9. The summed E-state index contributed by atoms with van der Waals surface area (Å²) in [6.45, 7) is 4.11. The molecular weight excluding hydrogens is 516 g/mol. The monoisotopic (exact) mass is 542 g/mol. The summed E-state index contributed by atoms with van der Waals surface area (Å²) in [6.07, 6.45) is 3.56. The minimum Gasteiger partial charge on any atom is -0.299 e. The Hall–Kier alpha value is -5.62. The number of aromatic nitrogens is 4. The van der Waals surface area contributed by atoms with Crippen molar-refractivity contribution in [3.63, 3.8) is 0 Å². The van der Waals surface area contributed by atoms with Crippen LogP contribution in [0, 0.1) is 24.7 Å². The molecule has 42 heavy (non-hydrogen) atoms. The molecule has 0 unspecified atom stereocenters. The molecule has 2 aromatic heterocycles. The van der Waals surface area contributed by atoms with Crippen molar-refractivity contribution in [2.24, 2.45) is 0 Å². The van der Waals surface area contributed by atoms with Gasteiger partial charge in [0, 0.05) is 38.8 Å². The highest BCUT2D eigenvalue weighted by molar-refractivity contribution is 6.54. The third-order valence-corrected chi connectivity index (χ3v) is 7.52. The van der Waals surface area contributed by atoms with E-state index in [4.69, 9.17) is 30.8 Å². The number of hydrogen-bond donors (Lipinski definition) is 2. The maximum Gasteiger partial charge on any atom is 0.164 e. The molecule has 0 bridgehead atoms. The highest BCUT2D eigenvalue weighted by Gasteiger charge is 2.23. The number of nitrogens with one attached hydrogen (secondary N) is 2. The van der Waals surface area contributed by atoms with Gasteiger partial charge in [0.2, 0.25) is 0 Å². The molecule has 1 aliphatic carbocycles. The Morgan fingerprint density at radius 3 is 1.67 bits per heavy atom. The summed E-state index contributed by atoms with van der Waals surface area (Å²) < 4.78 is 0. The highest BCUT2D eigenvalue weighted by atomic mass is 15.0. The van der Waals surface area contributed by atoms with E-state index in [0.29, 0.717) is 28.6 Å². The van der Waals surface area contributed by atoms with Crippen LogP contribution >= 0.6 is 0 Å². The Labute approximate surface area is 243 Å². The second-order valence-electron chi connectivity index (χ2n) is 10.5. The van der Waals surface area contributed by atoms with Crippen molar-refractivity contribution < 1.29 is 0 Å². The van der Waals surface area contributed by atoms with Gasteiger partial charge >= 0.3 is 0 Å². The summed E-state index contributed by atoms with van der Waals surface area (Å²) in [5.41, 5.74) is 9.34. The Balaban J connectivity index is 1.45. The van der Waals surface area contributed by atoms with Gasteiger partial charge in [-0.1, -0.05) is 102 Å². The Kier molecular flexibility index (Phi) is 6.09. The number of nitrogens with zero attached hydrogens (tertiary/aromatic N) is 4. The number of pyridine rings is 1. The summed E-state index contributed by atoms with van der Waals surface area (Å²) in [5.74, 6) is 1.74. The van der Waals surface area contributed by atoms with Crippen LogP contribution in [0.1, 0.15) is 22.3 Å². The smallest absolute Gasteiger partial charge is 0.164 e. The predicted molar refractivity (Wildman–Crippen MR) is 170 cm³/mol. The maximum atomic E-state index is 8.78. The van der Waals surface area contributed by atoms with Crippen LogP contribution in [0.4, 0.5) is 0 Å². The molecule has 0 saturated heterocycles. The van der Waals surface area contributed by atoms with E-state index < -0.39 is 0 Å². The number of benzene rings is 4. The first-order valence-electron chi connectivity index (χ1n) is 13.7. The van der Waals surface area contributed by atoms with Gasteiger partial charge in [0.1, 0.15) is 0 Å². The van der Waals surface area contributed by atoms with Gasteiger partial charge in [-0.05, 0) is 32.1 Å². The lowest BCUT2D eigenvalue weighted by molar-refractivity contribution is 1.07. The van der Waals surface area contributed by atoms with Crippen molar-refractivity contribution >= 4 is 28.4 Å². The van der Waals surface area contributed by atoms with Gasteiger partial charge in [-0.3, -0.25) is 10.8 Å². The van der Waals surface area contributed by atoms with E-state index in [1.165, 1.54) is 11.1 Å². The third kappa shape index (κ3) is 4.49. The first-order chi connectivity index (χ1) is 20.4. The quantitative estimate of drug-likeness (QED) is 0.235. The minimum absolute atomic E-state index is 0.182. The first-order valence-corrected chi connectivity index (χ1v) is 13.7. The van der Waals surface area contributed by atoms with Gasteiger partial charge in [-0.25, -0.2) is 19.9 Å². The fourth-order valence-electron chi connectivity index (χ4n) is 5.22. The van der Waals surface area contributed by atoms with E-state index in [2.05, 4.69) is 38.1 Å². The number of fused-ring (bicyclic) bond motifs is 3. The third-order valence-electron chi connectivity index (χ3n) is 7.52. The van der Waals surface area contributed by atoms with Crippen LogP contribution < -0.4 is 0 Å². The van der Waals surface area contributed by atoms with Crippen LogP contribution in [-0.2, 0) is 0 Å². The molecule has 1 aliphatic rings. The number of hydrogen-bond acceptors (Lipinski definition) is 6. The molecule has 0 amide bonds. The zero-order chi connectivity index (χ0) is 28.8. The van der Waals surface area contributed by atoms with E-state index in [0.717, 1.165) is 38.9 Å². The number of aryl methyl sites for hydroxylation is 2. The average Bonchev–Trinajstić information content (AvgIpc) is 3.03. The molecule has 0 spiro atoms. The normalized spacial score (nSPS) is 12.5. The van der Waals surface area contributed by atoms with E-state index in [1.807, 2.05) is 78.9 Å². The lowest BCUT2D eigenvalue weighted by Gasteiger charge is -2.19. The standard InChI is InChI=1S/C36H26N6/c1-21-8-12-24(13-9-21)34-40-35(25-14-10-22(2)11-15-25)42-36(41-34)26-16-17-27-30(20-26)39-33(23-6-4-3-5-7-23)28-18-19-29(37)32(38)31(27)28/h3-20,37-38H,1-2H3. The molecule has 0 radical (unpaired) electrons. The predicted octanol–water partition coefficient (Wildman–Crippen LogP) is 8.12. The van der Waals surface area contributed by atoms with Crippen LogP contribution in [0.15, 0.2) is 103 Å². The molecule has 7 rings (SSSR count). The molecule has 0 saturated carbocycles. The molecule has 200 valence electrons. The molecule has 0 aliphatic heterocycles. The number of allylic oxidation sites excluding steroid dienone is 1. The van der Waals surface area contributed by atoms with Crippen LogP contribution in [0.5, 0.6) is 0 Å². The Morgan fingerprint density at radius 2 is 1.07 bits per heavy atom. The van der Waals surface area contributed by atoms with Crippen molar-refractivity contribution in [3.8, 4) is 45.4 Å². The van der Waals surface area contributed by atoms with Crippen molar-refractivity contribution in [3.05, 3.63) is 125 Å². The second kappa shape index (κ2) is 10.1. The molecule has 6 aromatic rings. The molecule has 2 N–H and O–H groups in total. The van der Waals surface area contributed by atoms with E-state index in [-0.39, 0.29) is 11.4 Å². The fraction of sp³-hybridized carbons (Fsp3) is 0.0556. The van der Waals surface area contributed by atoms with Gasteiger partial charge in [0.25, 0.3) is 0 Å². The van der Waals surface area contributed by atoms with E-state index >= 15 is 0 Å². The Morgan fingerprint density at radius 1 is 0.524 bits per heavy atom. The molecule has 0 atom stereocenters. The van der Waals surface area contributed by atoms with Crippen molar-refractivity contribution in [2.45, 2.75) is 13.8 Å². The van der Waals surface area contributed by atoms with Crippen LogP contribution in [0.2, 0.25) is 0 Å². The fourth-order valence-corrected chi connectivity index (χ4v) is 5.22. The van der Waals surface area contributed by atoms with Gasteiger partial charge in [0.05, 0.1) is 22.6 Å². The Bertz CT molecular complexity index is 1990. The number of rotatable bonds is 4. The average molecular weight is 543 g/mol. The summed E-state index contributed by atoms with van der Waals surface area (Å²) in [6, 6.07) is 32.2. The van der Waals surface area contributed by atoms with Gasteiger partial charge in [-0.2, -0.15) is 0 Å². The lowest BCUT2D eigenvalue weighted by atomic mass is 9.88. The van der Waals surface area contributed by atoms with Crippen LogP contribution in [0.25, 0.3) is 62.4 Å². The van der Waals surface area contributed by atoms with Crippen molar-refractivity contribution in [1.29, 1.82) is 10.8 Å². The van der Waals surface area contributed by atoms with Gasteiger partial charge in [-0.15, -0.1) is 0 Å². The van der Waals surface area contributed by atoms with E-state index in [1.54, 1.807) is 6.08 Å². The molecule has 4 aromatic carbocycles. The summed E-state index contributed by atoms with van der Waals surface area (Å²) in [7, 11) is 0. The van der Waals surface area contributed by atoms with Crippen LogP contribution in [0.3, 0.4) is 0 Å². The molecule has 6 heteroatoms. The van der Waals surface area contributed by atoms with Crippen molar-refractivity contribution in [1.82, 2.24) is 19.9 Å². The molecule has 6 nitrogen and oxygen atoms in total. The largest absolute Gasteiger partial charge is 0.299 e. The zero-order valence-corrected chi connectivity index (χ0v) is 23.2. The first kappa shape index (κ1) is 25.4. The van der Waals surface area contributed by atoms with E-state index in [9.17, 15) is 0 Å². The lowest BCUT2D eigenvalue weighted by Crippen LogP contribution is -2.17. The molecule has 0 fully saturated rings. The molecule has 2 heterocycles. The highest BCUT2D eigenvalue weighted by Crippen LogP contribution is 2.35. The van der Waals surface area contributed by atoms with Gasteiger partial charge < -0.3 is 0 Å². The maximum absolute atomic E-state index is 8.78. The van der Waals surface area contributed by atoms with Gasteiger partial charge in [0.15, 0.2) is 17.5 Å². The zero-order valence-electron chi connectivity index (χ0n) is 23.2.